The molecule has 0 unspecified atom stereocenters. The van der Waals surface area contributed by atoms with Crippen LogP contribution in [0.5, 0.6) is 0 Å². The van der Waals surface area contributed by atoms with Gasteiger partial charge in [-0.15, -0.1) is 0 Å². The van der Waals surface area contributed by atoms with Crippen molar-refractivity contribution in [2.75, 3.05) is 30.7 Å². The van der Waals surface area contributed by atoms with E-state index < -0.39 is 0 Å². The van der Waals surface area contributed by atoms with E-state index in [0.717, 1.165) is 24.8 Å². The molecule has 6 heteroatoms. The number of rotatable bonds is 6. The maximum atomic E-state index is 12.4. The molecule has 0 aliphatic heterocycles. The molecule has 2 rings (SSSR count). The maximum Gasteiger partial charge on any atom is 0.267 e. The van der Waals surface area contributed by atoms with Gasteiger partial charge in [-0.2, -0.15) is 0 Å². The first kappa shape index (κ1) is 13.1. The quantitative estimate of drug-likeness (QED) is 0.828. The highest BCUT2D eigenvalue weighted by atomic mass is 32.1. The number of hydrogen-bond donors (Lipinski definition) is 2. The lowest BCUT2D eigenvalue weighted by Crippen LogP contribution is -2.32. The Morgan fingerprint density at radius 3 is 2.83 bits per heavy atom. The molecule has 100 valence electrons. The number of amides is 1. The number of anilines is 2. The molecule has 0 saturated heterocycles. The highest BCUT2D eigenvalue weighted by Crippen LogP contribution is 2.31. The summed E-state index contributed by atoms with van der Waals surface area (Å²) in [6.45, 7) is 6.35. The second-order valence-corrected chi connectivity index (χ2v) is 5.55. The molecular formula is C12H20N4OS. The summed E-state index contributed by atoms with van der Waals surface area (Å²) in [4.78, 5) is 19.0. The first-order chi connectivity index (χ1) is 8.65. The Hall–Kier alpha value is -1.30. The van der Waals surface area contributed by atoms with Crippen molar-refractivity contribution in [1.82, 2.24) is 9.88 Å². The zero-order valence-electron chi connectivity index (χ0n) is 10.9. The van der Waals surface area contributed by atoms with E-state index in [-0.39, 0.29) is 5.91 Å². The number of carbonyl (C=O) groups is 1. The average Bonchev–Trinajstić information content (AvgIpc) is 3.09. The highest BCUT2D eigenvalue weighted by Gasteiger charge is 2.28. The molecule has 1 heterocycles. The molecule has 1 fully saturated rings. The molecule has 3 N–H and O–H groups in total. The predicted molar refractivity (Wildman–Crippen MR) is 75.0 cm³/mol. The molecule has 5 nitrogen and oxygen atoms in total. The van der Waals surface area contributed by atoms with Gasteiger partial charge in [0.05, 0.1) is 0 Å². The Kier molecular flexibility index (Phi) is 4.06. The average molecular weight is 268 g/mol. The fourth-order valence-corrected chi connectivity index (χ4v) is 2.74. The van der Waals surface area contributed by atoms with Crippen LogP contribution in [-0.2, 0) is 0 Å². The molecular weight excluding hydrogens is 248 g/mol. The lowest BCUT2D eigenvalue weighted by Gasteiger charge is -2.19. The lowest BCUT2D eigenvalue weighted by atomic mass is 10.3. The summed E-state index contributed by atoms with van der Waals surface area (Å²) in [6.07, 6.45) is 2.48. The Balaban J connectivity index is 2.09. The summed E-state index contributed by atoms with van der Waals surface area (Å²) in [6, 6.07) is 0. The molecule has 0 spiro atoms. The smallest absolute Gasteiger partial charge is 0.267 e. The molecule has 1 aliphatic rings. The number of carbonyl (C=O) groups excluding carboxylic acids is 1. The van der Waals surface area contributed by atoms with E-state index in [9.17, 15) is 4.79 Å². The van der Waals surface area contributed by atoms with Gasteiger partial charge in [-0.25, -0.2) is 4.98 Å². The van der Waals surface area contributed by atoms with Crippen molar-refractivity contribution in [1.29, 1.82) is 0 Å². The van der Waals surface area contributed by atoms with E-state index in [0.29, 0.717) is 16.6 Å². The van der Waals surface area contributed by atoms with Gasteiger partial charge in [0.2, 0.25) is 0 Å². The van der Waals surface area contributed by atoms with Gasteiger partial charge in [0.25, 0.3) is 5.91 Å². The largest absolute Gasteiger partial charge is 0.382 e. The summed E-state index contributed by atoms with van der Waals surface area (Å²) in [5.74, 6) is 1.05. The van der Waals surface area contributed by atoms with Crippen LogP contribution in [0.4, 0.5) is 10.9 Å². The van der Waals surface area contributed by atoms with Gasteiger partial charge in [-0.1, -0.05) is 11.3 Å². The zero-order valence-corrected chi connectivity index (χ0v) is 11.7. The SMILES string of the molecule is CCNc1nc(N)c(C(=O)N(CC)CC2CC2)s1. The van der Waals surface area contributed by atoms with Crippen LogP contribution in [0.15, 0.2) is 0 Å². The molecule has 1 aromatic heterocycles. The third-order valence-corrected chi connectivity index (χ3v) is 4.04. The Labute approximate surface area is 111 Å². The van der Waals surface area contributed by atoms with Crippen LogP contribution >= 0.6 is 11.3 Å². The first-order valence-corrected chi connectivity index (χ1v) is 7.26. The predicted octanol–water partition coefficient (Wildman–Crippen LogP) is 2.03. The van der Waals surface area contributed by atoms with Crippen LogP contribution in [0.3, 0.4) is 0 Å². The number of nitrogens with zero attached hydrogens (tertiary/aromatic N) is 2. The van der Waals surface area contributed by atoms with E-state index in [1.807, 2.05) is 18.7 Å². The minimum absolute atomic E-state index is 0.0172. The van der Waals surface area contributed by atoms with Crippen LogP contribution in [-0.4, -0.2) is 35.4 Å². The van der Waals surface area contributed by atoms with Crippen molar-refractivity contribution in [3.63, 3.8) is 0 Å². The lowest BCUT2D eigenvalue weighted by molar-refractivity contribution is 0.0762. The van der Waals surface area contributed by atoms with Crippen LogP contribution in [0.1, 0.15) is 36.4 Å². The van der Waals surface area contributed by atoms with E-state index in [1.54, 1.807) is 0 Å². The molecule has 0 radical (unpaired) electrons. The normalized spacial score (nSPS) is 14.6. The van der Waals surface area contributed by atoms with Crippen LogP contribution in [0.2, 0.25) is 0 Å². The topological polar surface area (TPSA) is 71.2 Å². The van der Waals surface area contributed by atoms with E-state index in [4.69, 9.17) is 5.73 Å². The van der Waals surface area contributed by atoms with Gasteiger partial charge < -0.3 is 16.0 Å². The summed E-state index contributed by atoms with van der Waals surface area (Å²) in [5.41, 5.74) is 5.82. The van der Waals surface area contributed by atoms with Crippen molar-refractivity contribution < 1.29 is 4.79 Å². The van der Waals surface area contributed by atoms with Crippen molar-refractivity contribution in [2.24, 2.45) is 5.92 Å². The van der Waals surface area contributed by atoms with Crippen LogP contribution < -0.4 is 11.1 Å². The number of nitrogens with two attached hydrogens (primary N) is 1. The summed E-state index contributed by atoms with van der Waals surface area (Å²) in [7, 11) is 0. The number of nitrogens with one attached hydrogen (secondary N) is 1. The fourth-order valence-electron chi connectivity index (χ4n) is 1.82. The second-order valence-electron chi connectivity index (χ2n) is 4.55. The standard InChI is InChI=1S/C12H20N4OS/c1-3-14-12-15-10(13)9(18-12)11(17)16(4-2)7-8-5-6-8/h8H,3-7,13H2,1-2H3,(H,14,15). The number of nitrogen functional groups attached to an aromatic ring is 1. The van der Waals surface area contributed by atoms with E-state index in [2.05, 4.69) is 10.3 Å². The molecule has 1 aromatic rings. The van der Waals surface area contributed by atoms with Gasteiger partial charge in [-0.05, 0) is 32.6 Å². The van der Waals surface area contributed by atoms with Crippen molar-refractivity contribution in [2.45, 2.75) is 26.7 Å². The molecule has 0 bridgehead atoms. The third-order valence-electron chi connectivity index (χ3n) is 3.02. The van der Waals surface area contributed by atoms with Crippen molar-refractivity contribution in [3.8, 4) is 0 Å². The van der Waals surface area contributed by atoms with Crippen LogP contribution in [0, 0.1) is 5.92 Å². The highest BCUT2D eigenvalue weighted by molar-refractivity contribution is 7.18. The number of hydrogen-bond acceptors (Lipinski definition) is 5. The second kappa shape index (κ2) is 5.56. The minimum atomic E-state index is 0.0172. The van der Waals surface area contributed by atoms with Crippen LogP contribution in [0.25, 0.3) is 0 Å². The van der Waals surface area contributed by atoms with E-state index in [1.165, 1.54) is 24.2 Å². The minimum Gasteiger partial charge on any atom is -0.382 e. The molecule has 18 heavy (non-hydrogen) atoms. The Morgan fingerprint density at radius 1 is 1.56 bits per heavy atom. The van der Waals surface area contributed by atoms with Gasteiger partial charge in [-0.3, -0.25) is 4.79 Å². The monoisotopic (exact) mass is 268 g/mol. The molecule has 0 aromatic carbocycles. The van der Waals surface area contributed by atoms with Gasteiger partial charge >= 0.3 is 0 Å². The van der Waals surface area contributed by atoms with Gasteiger partial charge in [0.1, 0.15) is 10.7 Å². The van der Waals surface area contributed by atoms with Gasteiger partial charge in [0, 0.05) is 19.6 Å². The zero-order chi connectivity index (χ0) is 13.1. The molecule has 1 amide bonds. The maximum absolute atomic E-state index is 12.4. The molecule has 1 saturated carbocycles. The summed E-state index contributed by atoms with van der Waals surface area (Å²) < 4.78 is 0. The van der Waals surface area contributed by atoms with Crippen molar-refractivity contribution in [3.05, 3.63) is 4.88 Å². The number of aromatic nitrogens is 1. The summed E-state index contributed by atoms with van der Waals surface area (Å²) in [5, 5.41) is 3.81. The van der Waals surface area contributed by atoms with Gasteiger partial charge in [0.15, 0.2) is 5.13 Å². The Bertz CT molecular complexity index is 428. The molecule has 1 aliphatic carbocycles. The molecule has 0 atom stereocenters. The van der Waals surface area contributed by atoms with Crippen molar-refractivity contribution >= 4 is 28.2 Å². The van der Waals surface area contributed by atoms with E-state index >= 15 is 0 Å². The summed E-state index contributed by atoms with van der Waals surface area (Å²) >= 11 is 1.34. The Morgan fingerprint density at radius 2 is 2.28 bits per heavy atom. The third kappa shape index (κ3) is 2.93. The first-order valence-electron chi connectivity index (χ1n) is 6.45. The fraction of sp³-hybridized carbons (Fsp3) is 0.667. The number of thiazole rings is 1.